The van der Waals surface area contributed by atoms with Crippen molar-refractivity contribution < 1.29 is 23.9 Å². The van der Waals surface area contributed by atoms with Crippen LogP contribution < -0.4 is 9.64 Å². The molecular weight excluding hydrogens is 586 g/mol. The lowest BCUT2D eigenvalue weighted by Gasteiger charge is -2.38. The van der Waals surface area contributed by atoms with E-state index in [2.05, 4.69) is 15.9 Å². The highest BCUT2D eigenvalue weighted by Crippen LogP contribution is 2.60. The Labute approximate surface area is 247 Å². The number of hydrogen-bond acceptors (Lipinski definition) is 5. The molecule has 0 bridgehead atoms. The molecule has 0 radical (unpaired) electrons. The van der Waals surface area contributed by atoms with Crippen molar-refractivity contribution in [2.24, 2.45) is 11.8 Å². The molecule has 4 atom stereocenters. The fourth-order valence-electron chi connectivity index (χ4n) is 6.80. The molecule has 3 saturated heterocycles. The van der Waals surface area contributed by atoms with Crippen LogP contribution in [0.2, 0.25) is 0 Å². The van der Waals surface area contributed by atoms with Gasteiger partial charge in [-0.25, -0.2) is 9.69 Å². The first-order valence-electron chi connectivity index (χ1n) is 13.5. The summed E-state index contributed by atoms with van der Waals surface area (Å²) in [6.07, 6.45) is 0.0935. The zero-order chi connectivity index (χ0) is 29.3. The summed E-state index contributed by atoms with van der Waals surface area (Å²) >= 11 is 3.47. The van der Waals surface area contributed by atoms with Gasteiger partial charge in [0.25, 0.3) is 5.91 Å². The zero-order valence-electron chi connectivity index (χ0n) is 23.2. The number of carbonyl (C=O) groups is 4. The lowest BCUT2D eigenvalue weighted by Crippen LogP contribution is -2.57. The number of halogens is 1. The molecule has 3 aliphatic rings. The van der Waals surface area contributed by atoms with Crippen molar-refractivity contribution >= 4 is 45.4 Å². The summed E-state index contributed by atoms with van der Waals surface area (Å²) in [7, 11) is 1.54. The maximum absolute atomic E-state index is 14.8. The highest BCUT2D eigenvalue weighted by Gasteiger charge is 2.77. The van der Waals surface area contributed by atoms with E-state index in [4.69, 9.17) is 4.74 Å². The van der Waals surface area contributed by atoms with Gasteiger partial charge >= 0.3 is 6.03 Å². The number of carbonyl (C=O) groups excluding carboxylic acids is 4. The third kappa shape index (κ3) is 3.93. The third-order valence-electron chi connectivity index (χ3n) is 8.41. The maximum Gasteiger partial charge on any atom is 0.332 e. The number of rotatable bonds is 5. The van der Waals surface area contributed by atoms with Gasteiger partial charge in [0.05, 0.1) is 30.7 Å². The molecule has 3 aromatic rings. The average molecular weight is 617 g/mol. The number of amides is 5. The SMILES string of the molecule is COc1ccc(N2C(=O)N3C(c4ccc(Br)cc4)C4C(=O)N(C(C)(C)C)C(=O)C4[C@]3(Cc3ccccc3)C2=O)cc1. The van der Waals surface area contributed by atoms with E-state index in [0.29, 0.717) is 17.0 Å². The van der Waals surface area contributed by atoms with Gasteiger partial charge in [-0.3, -0.25) is 19.3 Å². The van der Waals surface area contributed by atoms with E-state index in [9.17, 15) is 19.2 Å². The number of nitrogens with zero attached hydrogens (tertiary/aromatic N) is 3. The first kappa shape index (κ1) is 27.2. The molecule has 0 N–H and O–H groups in total. The van der Waals surface area contributed by atoms with Gasteiger partial charge in [0.1, 0.15) is 11.3 Å². The molecule has 0 saturated carbocycles. The number of anilines is 1. The number of methoxy groups -OCH3 is 1. The predicted octanol–water partition coefficient (Wildman–Crippen LogP) is 5.36. The topological polar surface area (TPSA) is 87.2 Å². The van der Waals surface area contributed by atoms with E-state index < -0.39 is 46.8 Å². The summed E-state index contributed by atoms with van der Waals surface area (Å²) < 4.78 is 6.11. The summed E-state index contributed by atoms with van der Waals surface area (Å²) in [6, 6.07) is 22.0. The molecule has 3 aromatic carbocycles. The minimum atomic E-state index is -1.60. The fraction of sp³-hybridized carbons (Fsp3) is 0.312. The lowest BCUT2D eigenvalue weighted by atomic mass is 9.75. The van der Waals surface area contributed by atoms with Crippen molar-refractivity contribution in [3.63, 3.8) is 0 Å². The molecule has 8 nitrogen and oxygen atoms in total. The molecule has 5 amide bonds. The van der Waals surface area contributed by atoms with Crippen LogP contribution in [0.1, 0.15) is 37.9 Å². The van der Waals surface area contributed by atoms with Gasteiger partial charge < -0.3 is 9.64 Å². The standard InChI is InChI=1S/C32H30BrN3O5/c1-31(2,3)36-27(37)24-25(28(36)38)32(18-19-8-6-5-7-9-19)29(39)34(22-14-16-23(41-4)17-15-22)30(40)35(32)26(24)20-10-12-21(33)13-11-20/h5-17,24-26H,18H2,1-4H3/t24?,25?,26?,32-/m1/s1. The largest absolute Gasteiger partial charge is 0.497 e. The van der Waals surface area contributed by atoms with Crippen LogP contribution in [0.3, 0.4) is 0 Å². The van der Waals surface area contributed by atoms with E-state index in [1.54, 1.807) is 31.4 Å². The monoisotopic (exact) mass is 615 g/mol. The molecule has 3 unspecified atom stereocenters. The minimum Gasteiger partial charge on any atom is -0.497 e. The molecule has 41 heavy (non-hydrogen) atoms. The Bertz CT molecular complexity index is 1550. The first-order chi connectivity index (χ1) is 19.5. The number of fused-ring (bicyclic) bond motifs is 3. The van der Waals surface area contributed by atoms with Crippen molar-refractivity contribution in [3.05, 3.63) is 94.5 Å². The molecule has 0 spiro atoms. The van der Waals surface area contributed by atoms with Gasteiger partial charge in [-0.15, -0.1) is 0 Å². The minimum absolute atomic E-state index is 0.0935. The van der Waals surface area contributed by atoms with Gasteiger partial charge in [0.2, 0.25) is 11.8 Å². The van der Waals surface area contributed by atoms with E-state index >= 15 is 0 Å². The number of urea groups is 1. The quantitative estimate of drug-likeness (QED) is 0.285. The second kappa shape index (κ2) is 9.55. The molecule has 210 valence electrons. The molecular formula is C32H30BrN3O5. The zero-order valence-corrected chi connectivity index (χ0v) is 24.8. The van der Waals surface area contributed by atoms with Gasteiger partial charge in [0, 0.05) is 16.4 Å². The van der Waals surface area contributed by atoms with E-state index in [0.717, 1.165) is 14.9 Å². The normalized spacial score (nSPS) is 25.7. The van der Waals surface area contributed by atoms with Crippen LogP contribution in [0.15, 0.2) is 83.3 Å². The summed E-state index contributed by atoms with van der Waals surface area (Å²) in [4.78, 5) is 61.8. The summed E-state index contributed by atoms with van der Waals surface area (Å²) in [5.41, 5.74) is -0.554. The maximum atomic E-state index is 14.8. The summed E-state index contributed by atoms with van der Waals surface area (Å²) in [5, 5.41) is 0. The third-order valence-corrected chi connectivity index (χ3v) is 8.94. The first-order valence-corrected chi connectivity index (χ1v) is 14.3. The van der Waals surface area contributed by atoms with Crippen molar-refractivity contribution in [2.45, 2.75) is 44.3 Å². The van der Waals surface area contributed by atoms with Gasteiger partial charge in [0.15, 0.2) is 0 Å². The summed E-state index contributed by atoms with van der Waals surface area (Å²) in [5.74, 6) is -2.68. The Morgan fingerprint density at radius 2 is 1.49 bits per heavy atom. The Morgan fingerprint density at radius 1 is 0.854 bits per heavy atom. The van der Waals surface area contributed by atoms with Crippen molar-refractivity contribution in [1.82, 2.24) is 9.80 Å². The van der Waals surface area contributed by atoms with Crippen LogP contribution >= 0.6 is 15.9 Å². The number of hydrogen-bond donors (Lipinski definition) is 0. The summed E-state index contributed by atoms with van der Waals surface area (Å²) in [6.45, 7) is 5.43. The van der Waals surface area contributed by atoms with Crippen LogP contribution in [0.4, 0.5) is 10.5 Å². The van der Waals surface area contributed by atoms with Gasteiger partial charge in [-0.05, 0) is 68.3 Å². The number of likely N-dealkylation sites (tertiary alicyclic amines) is 1. The molecule has 9 heteroatoms. The Morgan fingerprint density at radius 3 is 2.07 bits per heavy atom. The molecule has 0 aromatic heterocycles. The highest BCUT2D eigenvalue weighted by atomic mass is 79.9. The number of benzene rings is 3. The Kier molecular flexibility index (Phi) is 6.33. The molecule has 0 aliphatic carbocycles. The van der Waals surface area contributed by atoms with E-state index in [1.165, 1.54) is 9.80 Å². The molecule has 6 rings (SSSR count). The molecule has 3 aliphatic heterocycles. The van der Waals surface area contributed by atoms with Gasteiger partial charge in [-0.1, -0.05) is 58.4 Å². The molecule has 3 fully saturated rings. The molecule has 3 heterocycles. The van der Waals surface area contributed by atoms with E-state index in [-0.39, 0.29) is 12.3 Å². The fourth-order valence-corrected chi connectivity index (χ4v) is 7.06. The Hall–Kier alpha value is -3.98. The van der Waals surface area contributed by atoms with Crippen LogP contribution in [0, 0.1) is 11.8 Å². The van der Waals surface area contributed by atoms with Crippen molar-refractivity contribution in [1.29, 1.82) is 0 Å². The van der Waals surface area contributed by atoms with Crippen molar-refractivity contribution in [3.8, 4) is 5.75 Å². The Balaban J connectivity index is 1.61. The predicted molar refractivity (Wildman–Crippen MR) is 156 cm³/mol. The van der Waals surface area contributed by atoms with Crippen molar-refractivity contribution in [2.75, 3.05) is 12.0 Å². The second-order valence-corrected chi connectivity index (χ2v) is 12.7. The number of ether oxygens (including phenoxy) is 1. The number of imide groups is 2. The lowest BCUT2D eigenvalue weighted by molar-refractivity contribution is -0.149. The van der Waals surface area contributed by atoms with E-state index in [1.807, 2.05) is 75.4 Å². The highest BCUT2D eigenvalue weighted by molar-refractivity contribution is 9.10. The van der Waals surface area contributed by atoms with Crippen LogP contribution in [0.5, 0.6) is 5.75 Å². The smallest absolute Gasteiger partial charge is 0.332 e. The van der Waals surface area contributed by atoms with Crippen LogP contribution in [-0.4, -0.2) is 51.7 Å². The van der Waals surface area contributed by atoms with Gasteiger partial charge in [-0.2, -0.15) is 0 Å². The average Bonchev–Trinajstić information content (AvgIpc) is 3.47. The second-order valence-electron chi connectivity index (χ2n) is 11.8. The van der Waals surface area contributed by atoms with Crippen LogP contribution in [0.25, 0.3) is 0 Å². The van der Waals surface area contributed by atoms with Crippen LogP contribution in [-0.2, 0) is 20.8 Å².